The maximum Gasteiger partial charge on any atom is 0.132 e. The van der Waals surface area contributed by atoms with Gasteiger partial charge in [0, 0.05) is 17.8 Å². The van der Waals surface area contributed by atoms with E-state index < -0.39 is 0 Å². The van der Waals surface area contributed by atoms with E-state index in [0.717, 1.165) is 17.2 Å². The summed E-state index contributed by atoms with van der Waals surface area (Å²) in [6.07, 6.45) is 9.27. The van der Waals surface area contributed by atoms with Crippen LogP contribution in [0.3, 0.4) is 0 Å². The van der Waals surface area contributed by atoms with Crippen LogP contribution >= 0.6 is 0 Å². The van der Waals surface area contributed by atoms with Gasteiger partial charge in [0.2, 0.25) is 0 Å². The standard InChI is InChI=1S/C14H18N4/c1-10-4-5-11(7-10)18-9-16-8-13(18)12-3-2-6-17-14(12)15/h2-3,6,8-11H,4-5,7H2,1H3,(H2,15,17). The Labute approximate surface area is 107 Å². The molecule has 1 saturated carbocycles. The highest BCUT2D eigenvalue weighted by molar-refractivity contribution is 5.70. The van der Waals surface area contributed by atoms with E-state index in [-0.39, 0.29) is 0 Å². The van der Waals surface area contributed by atoms with Gasteiger partial charge in [0.15, 0.2) is 0 Å². The number of rotatable bonds is 2. The van der Waals surface area contributed by atoms with E-state index in [9.17, 15) is 0 Å². The maximum atomic E-state index is 5.95. The molecule has 0 aliphatic heterocycles. The minimum absolute atomic E-state index is 0.553. The van der Waals surface area contributed by atoms with Crippen LogP contribution < -0.4 is 5.73 Å². The highest BCUT2D eigenvalue weighted by Crippen LogP contribution is 2.37. The van der Waals surface area contributed by atoms with Crippen LogP contribution in [-0.4, -0.2) is 14.5 Å². The summed E-state index contributed by atoms with van der Waals surface area (Å²) < 4.78 is 2.26. The third-order valence-corrected chi connectivity index (χ3v) is 3.84. The summed E-state index contributed by atoms with van der Waals surface area (Å²) in [7, 11) is 0. The largest absolute Gasteiger partial charge is 0.383 e. The van der Waals surface area contributed by atoms with Gasteiger partial charge in [-0.25, -0.2) is 9.97 Å². The normalized spacial score (nSPS) is 23.4. The molecule has 0 spiro atoms. The molecule has 4 nitrogen and oxygen atoms in total. The van der Waals surface area contributed by atoms with Crippen molar-refractivity contribution in [3.8, 4) is 11.3 Å². The quantitative estimate of drug-likeness (QED) is 0.881. The summed E-state index contributed by atoms with van der Waals surface area (Å²) in [6, 6.07) is 4.48. The molecular weight excluding hydrogens is 224 g/mol. The average molecular weight is 242 g/mol. The predicted molar refractivity (Wildman–Crippen MR) is 71.9 cm³/mol. The van der Waals surface area contributed by atoms with E-state index in [1.807, 2.05) is 24.7 Å². The lowest BCUT2D eigenvalue weighted by molar-refractivity contribution is 0.497. The Morgan fingerprint density at radius 1 is 1.39 bits per heavy atom. The molecule has 0 radical (unpaired) electrons. The van der Waals surface area contributed by atoms with E-state index in [0.29, 0.717) is 11.9 Å². The number of nitrogens with two attached hydrogens (primary N) is 1. The number of hydrogen-bond acceptors (Lipinski definition) is 3. The van der Waals surface area contributed by atoms with Gasteiger partial charge in [-0.15, -0.1) is 0 Å². The van der Waals surface area contributed by atoms with Crippen LogP contribution in [0.4, 0.5) is 5.82 Å². The summed E-state index contributed by atoms with van der Waals surface area (Å²) in [6.45, 7) is 2.31. The molecule has 0 saturated heterocycles. The zero-order chi connectivity index (χ0) is 12.5. The van der Waals surface area contributed by atoms with Crippen LogP contribution in [-0.2, 0) is 0 Å². The number of hydrogen-bond donors (Lipinski definition) is 1. The molecule has 0 aromatic carbocycles. The zero-order valence-electron chi connectivity index (χ0n) is 10.6. The van der Waals surface area contributed by atoms with Crippen LogP contribution in [0.5, 0.6) is 0 Å². The fourth-order valence-electron chi connectivity index (χ4n) is 2.87. The molecule has 2 aromatic heterocycles. The summed E-state index contributed by atoms with van der Waals surface area (Å²) in [5, 5.41) is 0. The van der Waals surface area contributed by atoms with Gasteiger partial charge in [-0.3, -0.25) is 0 Å². The smallest absolute Gasteiger partial charge is 0.132 e. The second-order valence-electron chi connectivity index (χ2n) is 5.19. The Hall–Kier alpha value is -1.84. The van der Waals surface area contributed by atoms with Crippen molar-refractivity contribution in [1.29, 1.82) is 0 Å². The molecule has 1 fully saturated rings. The fourth-order valence-corrected chi connectivity index (χ4v) is 2.87. The third-order valence-electron chi connectivity index (χ3n) is 3.84. The lowest BCUT2D eigenvalue weighted by Gasteiger charge is -2.16. The van der Waals surface area contributed by atoms with E-state index >= 15 is 0 Å². The molecule has 94 valence electrons. The minimum atomic E-state index is 0.553. The highest BCUT2D eigenvalue weighted by atomic mass is 15.1. The first-order valence-electron chi connectivity index (χ1n) is 6.48. The topological polar surface area (TPSA) is 56.7 Å². The van der Waals surface area contributed by atoms with Crippen LogP contribution in [0.1, 0.15) is 32.2 Å². The lowest BCUT2D eigenvalue weighted by atomic mass is 10.1. The van der Waals surface area contributed by atoms with Gasteiger partial charge in [0.25, 0.3) is 0 Å². The first kappa shape index (κ1) is 11.3. The van der Waals surface area contributed by atoms with Gasteiger partial charge in [0.05, 0.1) is 18.2 Å². The Bertz CT molecular complexity index is 546. The molecule has 4 heteroatoms. The van der Waals surface area contributed by atoms with Crippen molar-refractivity contribution in [2.24, 2.45) is 5.92 Å². The molecule has 2 aromatic rings. The predicted octanol–water partition coefficient (Wildman–Crippen LogP) is 2.89. The summed E-state index contributed by atoms with van der Waals surface area (Å²) in [5.41, 5.74) is 8.02. The summed E-state index contributed by atoms with van der Waals surface area (Å²) in [5.74, 6) is 1.38. The molecule has 0 bridgehead atoms. The fraction of sp³-hybridized carbons (Fsp3) is 0.429. The van der Waals surface area contributed by atoms with E-state index in [2.05, 4.69) is 21.5 Å². The number of nitrogen functional groups attached to an aromatic ring is 1. The first-order valence-corrected chi connectivity index (χ1v) is 6.48. The van der Waals surface area contributed by atoms with Crippen LogP contribution in [0.25, 0.3) is 11.3 Å². The number of aromatic nitrogens is 3. The van der Waals surface area contributed by atoms with Crippen LogP contribution in [0, 0.1) is 5.92 Å². The Balaban J connectivity index is 1.99. The first-order chi connectivity index (χ1) is 8.75. The Kier molecular flexibility index (Phi) is 2.78. The molecule has 2 N–H and O–H groups in total. The van der Waals surface area contributed by atoms with Crippen molar-refractivity contribution in [3.05, 3.63) is 30.9 Å². The molecule has 0 amide bonds. The van der Waals surface area contributed by atoms with Crippen molar-refractivity contribution in [2.75, 3.05) is 5.73 Å². The molecule has 18 heavy (non-hydrogen) atoms. The van der Waals surface area contributed by atoms with Gasteiger partial charge in [0.1, 0.15) is 5.82 Å². The van der Waals surface area contributed by atoms with Crippen molar-refractivity contribution in [3.63, 3.8) is 0 Å². The number of anilines is 1. The number of nitrogens with zero attached hydrogens (tertiary/aromatic N) is 3. The minimum Gasteiger partial charge on any atom is -0.383 e. The Morgan fingerprint density at radius 2 is 2.28 bits per heavy atom. The van der Waals surface area contributed by atoms with Crippen molar-refractivity contribution >= 4 is 5.82 Å². The van der Waals surface area contributed by atoms with Gasteiger partial charge in [-0.05, 0) is 37.3 Å². The maximum absolute atomic E-state index is 5.95. The SMILES string of the molecule is CC1CCC(n2cncc2-c2cccnc2N)C1. The van der Waals surface area contributed by atoms with Gasteiger partial charge in [-0.1, -0.05) is 6.92 Å². The van der Waals surface area contributed by atoms with Gasteiger partial charge in [-0.2, -0.15) is 0 Å². The molecule has 1 aliphatic carbocycles. The molecule has 2 heterocycles. The van der Waals surface area contributed by atoms with Crippen molar-refractivity contribution in [2.45, 2.75) is 32.2 Å². The molecule has 1 aliphatic rings. The van der Waals surface area contributed by atoms with Crippen LogP contribution in [0.2, 0.25) is 0 Å². The number of pyridine rings is 1. The zero-order valence-corrected chi connectivity index (χ0v) is 10.6. The van der Waals surface area contributed by atoms with Crippen LogP contribution in [0.15, 0.2) is 30.9 Å². The second kappa shape index (κ2) is 4.44. The van der Waals surface area contributed by atoms with Gasteiger partial charge < -0.3 is 10.3 Å². The molecule has 2 atom stereocenters. The van der Waals surface area contributed by atoms with E-state index in [4.69, 9.17) is 5.73 Å². The van der Waals surface area contributed by atoms with Gasteiger partial charge >= 0.3 is 0 Å². The Morgan fingerprint density at radius 3 is 3.00 bits per heavy atom. The third kappa shape index (κ3) is 1.88. The molecule has 2 unspecified atom stereocenters. The van der Waals surface area contributed by atoms with Crippen molar-refractivity contribution in [1.82, 2.24) is 14.5 Å². The molecular formula is C14H18N4. The van der Waals surface area contributed by atoms with Crippen molar-refractivity contribution < 1.29 is 0 Å². The second-order valence-corrected chi connectivity index (χ2v) is 5.19. The number of imidazole rings is 1. The monoisotopic (exact) mass is 242 g/mol. The lowest BCUT2D eigenvalue weighted by Crippen LogP contribution is -2.06. The van der Waals surface area contributed by atoms with E-state index in [1.165, 1.54) is 19.3 Å². The average Bonchev–Trinajstić information content (AvgIpc) is 2.98. The molecule has 3 rings (SSSR count). The summed E-state index contributed by atoms with van der Waals surface area (Å²) in [4.78, 5) is 8.44. The summed E-state index contributed by atoms with van der Waals surface area (Å²) >= 11 is 0. The highest BCUT2D eigenvalue weighted by Gasteiger charge is 2.24. The van der Waals surface area contributed by atoms with E-state index in [1.54, 1.807) is 6.20 Å².